The van der Waals surface area contributed by atoms with E-state index >= 15 is 0 Å². The van der Waals surface area contributed by atoms with Gasteiger partial charge in [0.25, 0.3) is 0 Å². The summed E-state index contributed by atoms with van der Waals surface area (Å²) < 4.78 is 26.8. The lowest BCUT2D eigenvalue weighted by Crippen LogP contribution is -2.27. The first-order chi connectivity index (χ1) is 8.90. The summed E-state index contributed by atoms with van der Waals surface area (Å²) in [6.07, 6.45) is 2.78. The lowest BCUT2D eigenvalue weighted by molar-refractivity contribution is 0.566. The van der Waals surface area contributed by atoms with E-state index in [-0.39, 0.29) is 15.7 Å². The molecule has 0 aliphatic carbocycles. The number of halogens is 1. The van der Waals surface area contributed by atoms with Gasteiger partial charge in [0.15, 0.2) is 0 Å². The van der Waals surface area contributed by atoms with Crippen molar-refractivity contribution in [2.24, 2.45) is 0 Å². The van der Waals surface area contributed by atoms with Gasteiger partial charge in [-0.05, 0) is 13.0 Å². The Morgan fingerprint density at radius 3 is 2.79 bits per heavy atom. The molecule has 0 aliphatic heterocycles. The van der Waals surface area contributed by atoms with Crippen molar-refractivity contribution in [2.45, 2.75) is 17.9 Å². The summed E-state index contributed by atoms with van der Waals surface area (Å²) in [5, 5.41) is 2.56. The maximum Gasteiger partial charge on any atom is 0.242 e. The van der Waals surface area contributed by atoms with Gasteiger partial charge in [-0.25, -0.2) is 23.1 Å². The number of rotatable bonds is 4. The Balaban J connectivity index is 2.25. The van der Waals surface area contributed by atoms with E-state index in [2.05, 4.69) is 14.7 Å². The van der Waals surface area contributed by atoms with E-state index in [9.17, 15) is 8.42 Å². The number of nitrogens with zero attached hydrogens (tertiary/aromatic N) is 2. The van der Waals surface area contributed by atoms with E-state index in [1.807, 2.05) is 0 Å². The fourth-order valence-electron chi connectivity index (χ4n) is 1.38. The average molecular weight is 319 g/mol. The van der Waals surface area contributed by atoms with Gasteiger partial charge in [-0.3, -0.25) is 0 Å². The minimum atomic E-state index is -3.71. The van der Waals surface area contributed by atoms with E-state index in [0.717, 1.165) is 6.20 Å². The number of nitrogens with one attached hydrogen (secondary N) is 1. The molecule has 0 bridgehead atoms. The van der Waals surface area contributed by atoms with Crippen molar-refractivity contribution < 1.29 is 8.42 Å². The average Bonchev–Trinajstić information content (AvgIpc) is 2.85. The highest BCUT2D eigenvalue weighted by Gasteiger charge is 2.20. The standard InChI is InChI=1S/C10H11ClN4O2S2/c1-6(10-13-2-3-18-10)15-19(16,17)7-4-8(11)9(12)14-5-7/h2-6,15H,1H3,(H2,12,14). The van der Waals surface area contributed by atoms with Crippen LogP contribution in [0.3, 0.4) is 0 Å². The van der Waals surface area contributed by atoms with Crippen molar-refractivity contribution in [3.05, 3.63) is 33.9 Å². The minimum Gasteiger partial charge on any atom is -0.382 e. The molecule has 19 heavy (non-hydrogen) atoms. The lowest BCUT2D eigenvalue weighted by atomic mass is 10.4. The molecule has 6 nitrogen and oxygen atoms in total. The number of aromatic nitrogens is 2. The van der Waals surface area contributed by atoms with Gasteiger partial charge in [-0.15, -0.1) is 11.3 Å². The normalized spacial score (nSPS) is 13.4. The van der Waals surface area contributed by atoms with E-state index in [1.165, 1.54) is 17.4 Å². The number of sulfonamides is 1. The largest absolute Gasteiger partial charge is 0.382 e. The van der Waals surface area contributed by atoms with Crippen molar-refractivity contribution in [1.29, 1.82) is 0 Å². The van der Waals surface area contributed by atoms with Crippen molar-refractivity contribution in [3.8, 4) is 0 Å². The number of pyridine rings is 1. The first-order valence-corrected chi connectivity index (χ1v) is 7.97. The molecule has 9 heteroatoms. The van der Waals surface area contributed by atoms with Crippen molar-refractivity contribution in [2.75, 3.05) is 5.73 Å². The number of thiazole rings is 1. The van der Waals surface area contributed by atoms with Crippen LogP contribution >= 0.6 is 22.9 Å². The van der Waals surface area contributed by atoms with Crippen LogP contribution in [-0.4, -0.2) is 18.4 Å². The third-order valence-electron chi connectivity index (χ3n) is 2.31. The molecule has 2 aromatic rings. The van der Waals surface area contributed by atoms with Gasteiger partial charge in [0.1, 0.15) is 15.7 Å². The zero-order chi connectivity index (χ0) is 14.0. The maximum absolute atomic E-state index is 12.1. The Morgan fingerprint density at radius 1 is 1.47 bits per heavy atom. The predicted molar refractivity (Wildman–Crippen MR) is 74.5 cm³/mol. The van der Waals surface area contributed by atoms with Crippen LogP contribution in [0.1, 0.15) is 18.0 Å². The fraction of sp³-hybridized carbons (Fsp3) is 0.200. The molecule has 0 amide bonds. The second-order valence-corrected chi connectivity index (χ2v) is 6.80. The monoisotopic (exact) mass is 318 g/mol. The number of nitrogen functional groups attached to an aromatic ring is 1. The molecule has 2 rings (SSSR count). The Labute approximate surface area is 119 Å². The summed E-state index contributed by atoms with van der Waals surface area (Å²) >= 11 is 7.14. The van der Waals surface area contributed by atoms with Crippen LogP contribution in [0.5, 0.6) is 0 Å². The summed E-state index contributed by atoms with van der Waals surface area (Å²) in [6, 6.07) is 0.835. The highest BCUT2D eigenvalue weighted by molar-refractivity contribution is 7.89. The number of hydrogen-bond acceptors (Lipinski definition) is 6. The molecule has 0 aliphatic rings. The second kappa shape index (κ2) is 5.41. The molecular weight excluding hydrogens is 308 g/mol. The molecule has 2 heterocycles. The van der Waals surface area contributed by atoms with Crippen LogP contribution in [0.4, 0.5) is 5.82 Å². The quantitative estimate of drug-likeness (QED) is 0.896. The van der Waals surface area contributed by atoms with Gasteiger partial charge >= 0.3 is 0 Å². The molecule has 0 fully saturated rings. The molecule has 0 spiro atoms. The highest BCUT2D eigenvalue weighted by Crippen LogP contribution is 2.22. The van der Waals surface area contributed by atoms with Crippen molar-refractivity contribution in [3.63, 3.8) is 0 Å². The van der Waals surface area contributed by atoms with E-state index in [0.29, 0.717) is 5.01 Å². The highest BCUT2D eigenvalue weighted by atomic mass is 35.5. The summed E-state index contributed by atoms with van der Waals surface area (Å²) in [5.41, 5.74) is 5.44. The molecule has 0 aromatic carbocycles. The van der Waals surface area contributed by atoms with Crippen LogP contribution in [0.2, 0.25) is 5.02 Å². The first-order valence-electron chi connectivity index (χ1n) is 5.23. The maximum atomic E-state index is 12.1. The van der Waals surface area contributed by atoms with Crippen molar-refractivity contribution in [1.82, 2.24) is 14.7 Å². The van der Waals surface area contributed by atoms with Crippen LogP contribution < -0.4 is 10.5 Å². The molecular formula is C10H11ClN4O2S2. The van der Waals surface area contributed by atoms with Gasteiger partial charge in [0.05, 0.1) is 11.1 Å². The van der Waals surface area contributed by atoms with E-state index in [1.54, 1.807) is 18.5 Å². The molecule has 2 aromatic heterocycles. The number of nitrogens with two attached hydrogens (primary N) is 1. The van der Waals surface area contributed by atoms with Gasteiger partial charge in [0.2, 0.25) is 10.0 Å². The van der Waals surface area contributed by atoms with Crippen LogP contribution in [-0.2, 0) is 10.0 Å². The van der Waals surface area contributed by atoms with E-state index in [4.69, 9.17) is 17.3 Å². The molecule has 102 valence electrons. The molecule has 1 atom stereocenters. The smallest absolute Gasteiger partial charge is 0.242 e. The molecule has 0 radical (unpaired) electrons. The van der Waals surface area contributed by atoms with Crippen molar-refractivity contribution >= 4 is 38.8 Å². The van der Waals surface area contributed by atoms with Gasteiger partial charge < -0.3 is 5.73 Å². The number of anilines is 1. The van der Waals surface area contributed by atoms with Crippen LogP contribution in [0, 0.1) is 0 Å². The van der Waals surface area contributed by atoms with Crippen LogP contribution in [0.15, 0.2) is 28.7 Å². The zero-order valence-corrected chi connectivity index (χ0v) is 12.3. The summed E-state index contributed by atoms with van der Waals surface area (Å²) in [5.74, 6) is 0.0913. The molecule has 3 N–H and O–H groups in total. The summed E-state index contributed by atoms with van der Waals surface area (Å²) in [7, 11) is -3.71. The topological polar surface area (TPSA) is 98.0 Å². The zero-order valence-electron chi connectivity index (χ0n) is 9.87. The first kappa shape index (κ1) is 14.2. The van der Waals surface area contributed by atoms with E-state index < -0.39 is 16.1 Å². The minimum absolute atomic E-state index is 0.0323. The number of hydrogen-bond donors (Lipinski definition) is 2. The third-order valence-corrected chi connectivity index (χ3v) is 5.08. The summed E-state index contributed by atoms with van der Waals surface area (Å²) in [4.78, 5) is 7.75. The van der Waals surface area contributed by atoms with Gasteiger partial charge in [-0.1, -0.05) is 11.6 Å². The SMILES string of the molecule is CC(NS(=O)(=O)c1cnc(N)c(Cl)c1)c1nccs1. The Bertz CT molecular complexity index is 673. The Morgan fingerprint density at radius 2 is 2.21 bits per heavy atom. The third kappa shape index (κ3) is 3.21. The molecule has 1 unspecified atom stereocenters. The lowest BCUT2D eigenvalue weighted by Gasteiger charge is -2.12. The Hall–Kier alpha value is -1.22. The Kier molecular flexibility index (Phi) is 4.04. The fourth-order valence-corrected chi connectivity index (χ4v) is 3.51. The molecule has 0 saturated heterocycles. The second-order valence-electron chi connectivity index (χ2n) is 3.75. The van der Waals surface area contributed by atoms with Gasteiger partial charge in [0, 0.05) is 17.8 Å². The van der Waals surface area contributed by atoms with Gasteiger partial charge in [-0.2, -0.15) is 0 Å². The van der Waals surface area contributed by atoms with Crippen LogP contribution in [0.25, 0.3) is 0 Å². The predicted octanol–water partition coefficient (Wildman–Crippen LogP) is 1.81. The summed E-state index contributed by atoms with van der Waals surface area (Å²) in [6.45, 7) is 1.71. The molecule has 0 saturated carbocycles.